The zero-order valence-electron chi connectivity index (χ0n) is 9.55. The molecule has 0 bridgehead atoms. The first-order valence-electron chi connectivity index (χ1n) is 5.31. The summed E-state index contributed by atoms with van der Waals surface area (Å²) in [6.07, 6.45) is 1.43. The highest BCUT2D eigenvalue weighted by Gasteiger charge is 2.06. The monoisotopic (exact) mass is 260 g/mol. The van der Waals surface area contributed by atoms with E-state index >= 15 is 0 Å². The number of benzene rings is 1. The molecule has 0 unspecified atom stereocenters. The molecule has 0 saturated heterocycles. The fraction of sp³-hybridized carbons (Fsp3) is 0.0769. The SMILES string of the molecule is COc1cc(-c2ccc3ncoc3c2)cc(Cl)n1. The minimum absolute atomic E-state index is 0.391. The summed E-state index contributed by atoms with van der Waals surface area (Å²) in [5, 5.41) is 0.391. The van der Waals surface area contributed by atoms with Crippen LogP contribution in [0.2, 0.25) is 5.15 Å². The summed E-state index contributed by atoms with van der Waals surface area (Å²) in [6.45, 7) is 0. The average Bonchev–Trinajstić information content (AvgIpc) is 2.85. The van der Waals surface area contributed by atoms with Gasteiger partial charge in [-0.1, -0.05) is 17.7 Å². The molecule has 0 saturated carbocycles. The van der Waals surface area contributed by atoms with Crippen LogP contribution in [0.4, 0.5) is 0 Å². The fourth-order valence-corrected chi connectivity index (χ4v) is 1.98. The summed E-state index contributed by atoms with van der Waals surface area (Å²) in [5.41, 5.74) is 3.46. The smallest absolute Gasteiger partial charge is 0.214 e. The van der Waals surface area contributed by atoms with Crippen molar-refractivity contribution in [3.05, 3.63) is 41.9 Å². The molecule has 3 aromatic rings. The van der Waals surface area contributed by atoms with E-state index in [2.05, 4.69) is 9.97 Å². The molecule has 0 radical (unpaired) electrons. The molecule has 5 heteroatoms. The van der Waals surface area contributed by atoms with Gasteiger partial charge in [0.15, 0.2) is 12.0 Å². The van der Waals surface area contributed by atoms with E-state index in [1.165, 1.54) is 6.39 Å². The number of hydrogen-bond acceptors (Lipinski definition) is 4. The second kappa shape index (κ2) is 4.31. The van der Waals surface area contributed by atoms with Crippen molar-refractivity contribution < 1.29 is 9.15 Å². The van der Waals surface area contributed by atoms with Crippen LogP contribution in [0.25, 0.3) is 22.2 Å². The number of hydrogen-bond donors (Lipinski definition) is 0. The minimum Gasteiger partial charge on any atom is -0.481 e. The Balaban J connectivity index is 2.15. The second-order valence-corrected chi connectivity index (χ2v) is 4.14. The Hall–Kier alpha value is -2.07. The highest BCUT2D eigenvalue weighted by Crippen LogP contribution is 2.28. The molecule has 0 N–H and O–H groups in total. The van der Waals surface area contributed by atoms with Gasteiger partial charge in [0.1, 0.15) is 10.7 Å². The molecule has 0 atom stereocenters. The molecular weight excluding hydrogens is 252 g/mol. The molecule has 0 spiro atoms. The Morgan fingerprint density at radius 3 is 2.89 bits per heavy atom. The third-order valence-electron chi connectivity index (χ3n) is 2.64. The normalized spacial score (nSPS) is 10.8. The second-order valence-electron chi connectivity index (χ2n) is 3.76. The Labute approximate surface area is 108 Å². The summed E-state index contributed by atoms with van der Waals surface area (Å²) in [7, 11) is 1.56. The number of nitrogens with zero attached hydrogens (tertiary/aromatic N) is 2. The van der Waals surface area contributed by atoms with Gasteiger partial charge in [0.2, 0.25) is 5.88 Å². The number of oxazole rings is 1. The third-order valence-corrected chi connectivity index (χ3v) is 2.84. The van der Waals surface area contributed by atoms with E-state index in [9.17, 15) is 0 Å². The Morgan fingerprint density at radius 1 is 1.17 bits per heavy atom. The van der Waals surface area contributed by atoms with Gasteiger partial charge in [-0.05, 0) is 29.3 Å². The van der Waals surface area contributed by atoms with Crippen LogP contribution in [0.3, 0.4) is 0 Å². The van der Waals surface area contributed by atoms with Crippen molar-refractivity contribution >= 4 is 22.7 Å². The van der Waals surface area contributed by atoms with Gasteiger partial charge in [-0.2, -0.15) is 0 Å². The number of ether oxygens (including phenoxy) is 1. The predicted molar refractivity (Wildman–Crippen MR) is 68.8 cm³/mol. The summed E-state index contributed by atoms with van der Waals surface area (Å²) < 4.78 is 10.4. The van der Waals surface area contributed by atoms with E-state index in [-0.39, 0.29) is 0 Å². The lowest BCUT2D eigenvalue weighted by atomic mass is 10.1. The lowest BCUT2D eigenvalue weighted by molar-refractivity contribution is 0.398. The zero-order chi connectivity index (χ0) is 12.5. The number of fused-ring (bicyclic) bond motifs is 1. The average molecular weight is 261 g/mol. The van der Waals surface area contributed by atoms with Gasteiger partial charge in [0.25, 0.3) is 0 Å². The van der Waals surface area contributed by atoms with Gasteiger partial charge in [-0.25, -0.2) is 9.97 Å². The summed E-state index contributed by atoms with van der Waals surface area (Å²) in [5.74, 6) is 0.482. The Morgan fingerprint density at radius 2 is 2.06 bits per heavy atom. The van der Waals surface area contributed by atoms with E-state index < -0.39 is 0 Å². The van der Waals surface area contributed by atoms with Crippen LogP contribution in [0.5, 0.6) is 5.88 Å². The van der Waals surface area contributed by atoms with Gasteiger partial charge < -0.3 is 9.15 Å². The maximum atomic E-state index is 5.95. The molecule has 0 aliphatic heterocycles. The summed E-state index contributed by atoms with van der Waals surface area (Å²) in [4.78, 5) is 8.11. The number of methoxy groups -OCH3 is 1. The number of pyridine rings is 1. The van der Waals surface area contributed by atoms with Gasteiger partial charge in [-0.3, -0.25) is 0 Å². The topological polar surface area (TPSA) is 48.2 Å². The maximum absolute atomic E-state index is 5.95. The van der Waals surface area contributed by atoms with Crippen molar-refractivity contribution in [1.82, 2.24) is 9.97 Å². The maximum Gasteiger partial charge on any atom is 0.214 e. The van der Waals surface area contributed by atoms with Crippen LogP contribution in [-0.2, 0) is 0 Å². The van der Waals surface area contributed by atoms with E-state index in [4.69, 9.17) is 20.8 Å². The van der Waals surface area contributed by atoms with E-state index in [0.717, 1.165) is 22.2 Å². The molecule has 0 amide bonds. The summed E-state index contributed by atoms with van der Waals surface area (Å²) >= 11 is 5.95. The molecule has 2 heterocycles. The van der Waals surface area contributed by atoms with Crippen molar-refractivity contribution in [3.63, 3.8) is 0 Å². The molecule has 18 heavy (non-hydrogen) atoms. The first-order valence-corrected chi connectivity index (χ1v) is 5.69. The largest absolute Gasteiger partial charge is 0.481 e. The number of aromatic nitrogens is 2. The minimum atomic E-state index is 0.391. The highest BCUT2D eigenvalue weighted by molar-refractivity contribution is 6.29. The van der Waals surface area contributed by atoms with Gasteiger partial charge in [-0.15, -0.1) is 0 Å². The van der Waals surface area contributed by atoms with Crippen LogP contribution in [0.15, 0.2) is 41.1 Å². The number of rotatable bonds is 2. The molecule has 3 rings (SSSR count). The molecule has 90 valence electrons. The van der Waals surface area contributed by atoms with Gasteiger partial charge >= 0.3 is 0 Å². The molecule has 0 aliphatic carbocycles. The lowest BCUT2D eigenvalue weighted by Crippen LogP contribution is -1.89. The van der Waals surface area contributed by atoms with Crippen molar-refractivity contribution in [2.45, 2.75) is 0 Å². The molecule has 0 aliphatic rings. The predicted octanol–water partition coefficient (Wildman–Crippen LogP) is 3.55. The van der Waals surface area contributed by atoms with Crippen molar-refractivity contribution in [2.75, 3.05) is 7.11 Å². The highest BCUT2D eigenvalue weighted by atomic mass is 35.5. The van der Waals surface area contributed by atoms with Crippen molar-refractivity contribution in [1.29, 1.82) is 0 Å². The molecule has 4 nitrogen and oxygen atoms in total. The first-order chi connectivity index (χ1) is 8.76. The zero-order valence-corrected chi connectivity index (χ0v) is 10.3. The fourth-order valence-electron chi connectivity index (χ4n) is 1.78. The van der Waals surface area contributed by atoms with E-state index in [1.807, 2.05) is 24.3 Å². The van der Waals surface area contributed by atoms with Crippen LogP contribution in [0.1, 0.15) is 0 Å². The lowest BCUT2D eigenvalue weighted by Gasteiger charge is -2.05. The van der Waals surface area contributed by atoms with Crippen LogP contribution in [-0.4, -0.2) is 17.1 Å². The summed E-state index contributed by atoms with van der Waals surface area (Å²) in [6, 6.07) is 9.36. The van der Waals surface area contributed by atoms with Crippen LogP contribution in [0, 0.1) is 0 Å². The first kappa shape index (κ1) is 11.0. The molecule has 0 fully saturated rings. The standard InChI is InChI=1S/C13H9ClN2O2/c1-17-13-6-9(5-12(14)16-13)8-2-3-10-11(4-8)18-7-15-10/h2-7H,1H3. The quantitative estimate of drug-likeness (QED) is 0.661. The molecular formula is C13H9ClN2O2. The van der Waals surface area contributed by atoms with Crippen molar-refractivity contribution in [2.24, 2.45) is 0 Å². The third kappa shape index (κ3) is 1.91. The van der Waals surface area contributed by atoms with Crippen LogP contribution < -0.4 is 4.74 Å². The van der Waals surface area contributed by atoms with Gasteiger partial charge in [0.05, 0.1) is 7.11 Å². The van der Waals surface area contributed by atoms with Crippen molar-refractivity contribution in [3.8, 4) is 17.0 Å². The van der Waals surface area contributed by atoms with Crippen LogP contribution >= 0.6 is 11.6 Å². The molecule has 2 aromatic heterocycles. The Kier molecular flexibility index (Phi) is 2.64. The van der Waals surface area contributed by atoms with E-state index in [1.54, 1.807) is 13.2 Å². The molecule has 1 aromatic carbocycles. The van der Waals surface area contributed by atoms with Gasteiger partial charge in [0, 0.05) is 6.07 Å². The number of halogens is 1. The Bertz CT molecular complexity index is 709. The van der Waals surface area contributed by atoms with E-state index in [0.29, 0.717) is 11.0 Å².